The molecule has 0 aromatic rings. The zero-order valence-electron chi connectivity index (χ0n) is 42.5. The first-order chi connectivity index (χ1) is 31.6. The first-order valence-corrected chi connectivity index (χ1v) is 27.5. The molecule has 5 heteroatoms. The van der Waals surface area contributed by atoms with Crippen molar-refractivity contribution in [2.24, 2.45) is 0 Å². The third kappa shape index (κ3) is 52.0. The molecule has 0 spiro atoms. The second-order valence-corrected chi connectivity index (χ2v) is 18.1. The van der Waals surface area contributed by atoms with Crippen LogP contribution in [0.2, 0.25) is 0 Å². The molecular formula is C59H104O5. The molecule has 64 heavy (non-hydrogen) atoms. The van der Waals surface area contributed by atoms with Gasteiger partial charge < -0.3 is 14.2 Å². The maximum atomic E-state index is 12.7. The zero-order valence-corrected chi connectivity index (χ0v) is 42.5. The van der Waals surface area contributed by atoms with E-state index in [1.807, 2.05) is 6.08 Å². The SMILES string of the molecule is CC/C=C\C/C=C\C/C=C\C/C=C\C/C=C\C/C=C\CCC(=O)OCC(COCCCCCCCCCCCCCCCCCCCCCC)OC(=O)CCCCCCCCCCC. The van der Waals surface area contributed by atoms with Crippen molar-refractivity contribution >= 4 is 11.9 Å². The van der Waals surface area contributed by atoms with Gasteiger partial charge in [0.1, 0.15) is 6.61 Å². The summed E-state index contributed by atoms with van der Waals surface area (Å²) in [4.78, 5) is 25.3. The smallest absolute Gasteiger partial charge is 0.306 e. The lowest BCUT2D eigenvalue weighted by atomic mass is 10.0. The van der Waals surface area contributed by atoms with E-state index >= 15 is 0 Å². The molecule has 0 amide bonds. The van der Waals surface area contributed by atoms with Gasteiger partial charge in [-0.05, 0) is 57.8 Å². The van der Waals surface area contributed by atoms with Crippen LogP contribution in [0.25, 0.3) is 0 Å². The molecule has 0 rings (SSSR count). The lowest BCUT2D eigenvalue weighted by Gasteiger charge is -2.18. The van der Waals surface area contributed by atoms with Crippen LogP contribution in [0.15, 0.2) is 72.9 Å². The predicted octanol–water partition coefficient (Wildman–Crippen LogP) is 18.7. The van der Waals surface area contributed by atoms with Crippen molar-refractivity contribution in [1.29, 1.82) is 0 Å². The van der Waals surface area contributed by atoms with Gasteiger partial charge in [-0.25, -0.2) is 0 Å². The number of ether oxygens (including phenoxy) is 3. The summed E-state index contributed by atoms with van der Waals surface area (Å²) in [6.45, 7) is 7.65. The van der Waals surface area contributed by atoms with Crippen LogP contribution >= 0.6 is 0 Å². The molecule has 0 fully saturated rings. The Labute approximate surface area is 397 Å². The number of hydrogen-bond acceptors (Lipinski definition) is 5. The maximum absolute atomic E-state index is 12.7. The van der Waals surface area contributed by atoms with E-state index in [2.05, 4.69) is 87.6 Å². The number of unbranched alkanes of at least 4 members (excludes halogenated alkanes) is 27. The van der Waals surface area contributed by atoms with E-state index in [4.69, 9.17) is 14.2 Å². The van der Waals surface area contributed by atoms with Crippen LogP contribution < -0.4 is 0 Å². The van der Waals surface area contributed by atoms with Gasteiger partial charge in [-0.3, -0.25) is 9.59 Å². The highest BCUT2D eigenvalue weighted by Crippen LogP contribution is 2.16. The van der Waals surface area contributed by atoms with Gasteiger partial charge in [0.15, 0.2) is 6.10 Å². The van der Waals surface area contributed by atoms with Crippen LogP contribution in [0.1, 0.15) is 265 Å². The molecule has 1 atom stereocenters. The fourth-order valence-corrected chi connectivity index (χ4v) is 7.71. The summed E-state index contributed by atoms with van der Waals surface area (Å²) in [6, 6.07) is 0. The molecule has 0 bridgehead atoms. The Morgan fingerprint density at radius 3 is 1.09 bits per heavy atom. The molecule has 0 aromatic heterocycles. The summed E-state index contributed by atoms with van der Waals surface area (Å²) in [5.74, 6) is -0.488. The van der Waals surface area contributed by atoms with E-state index in [-0.39, 0.29) is 25.2 Å². The Morgan fingerprint density at radius 2 is 0.703 bits per heavy atom. The molecule has 0 aromatic carbocycles. The van der Waals surface area contributed by atoms with Crippen LogP contribution in [-0.4, -0.2) is 37.9 Å². The quantitative estimate of drug-likeness (QED) is 0.0346. The minimum absolute atomic E-state index is 0.0470. The van der Waals surface area contributed by atoms with Gasteiger partial charge >= 0.3 is 11.9 Å². The van der Waals surface area contributed by atoms with Gasteiger partial charge in [-0.1, -0.05) is 267 Å². The highest BCUT2D eigenvalue weighted by molar-refractivity contribution is 5.70. The average molecular weight is 893 g/mol. The van der Waals surface area contributed by atoms with Crippen molar-refractivity contribution in [2.45, 2.75) is 271 Å². The number of allylic oxidation sites excluding steroid dienone is 12. The zero-order chi connectivity index (χ0) is 46.3. The van der Waals surface area contributed by atoms with Crippen molar-refractivity contribution in [1.82, 2.24) is 0 Å². The van der Waals surface area contributed by atoms with Crippen molar-refractivity contribution < 1.29 is 23.8 Å². The second kappa shape index (κ2) is 54.7. The summed E-state index contributed by atoms with van der Waals surface area (Å²) >= 11 is 0. The molecule has 370 valence electrons. The van der Waals surface area contributed by atoms with E-state index in [1.165, 1.54) is 161 Å². The topological polar surface area (TPSA) is 61.8 Å². The number of carbonyl (C=O) groups is 2. The second-order valence-electron chi connectivity index (χ2n) is 18.1. The molecule has 0 aliphatic carbocycles. The molecule has 0 saturated heterocycles. The number of rotatable bonds is 50. The standard InChI is InChI=1S/C59H104O5/c1-4-7-10-13-16-19-21-23-25-27-29-31-33-35-37-39-42-45-48-51-54-62-55-57(64-59(61)53-50-47-44-40-18-15-12-9-6-3)56-63-58(60)52-49-46-43-41-38-36-34-32-30-28-26-24-22-20-17-14-11-8-5-2/h8,11,17,20,24,26,30,32,36,38,43,46,57H,4-7,9-10,12-16,18-19,21-23,25,27-29,31,33-35,37,39-42,44-45,47-56H2,1-3H3/b11-8-,20-17-,26-24-,32-30-,38-36-,46-43-. The highest BCUT2D eigenvalue weighted by atomic mass is 16.6. The van der Waals surface area contributed by atoms with Gasteiger partial charge in [0.25, 0.3) is 0 Å². The third-order valence-electron chi connectivity index (χ3n) is 11.8. The Bertz CT molecular complexity index is 1150. The van der Waals surface area contributed by atoms with E-state index in [0.29, 0.717) is 25.9 Å². The normalized spacial score (nSPS) is 12.7. The largest absolute Gasteiger partial charge is 0.462 e. The minimum Gasteiger partial charge on any atom is -0.462 e. The van der Waals surface area contributed by atoms with Crippen LogP contribution in [-0.2, 0) is 23.8 Å². The predicted molar refractivity (Wildman–Crippen MR) is 279 cm³/mol. The van der Waals surface area contributed by atoms with Crippen molar-refractivity contribution in [3.05, 3.63) is 72.9 Å². The van der Waals surface area contributed by atoms with Gasteiger partial charge in [0, 0.05) is 19.4 Å². The summed E-state index contributed by atoms with van der Waals surface area (Å²) in [7, 11) is 0. The Morgan fingerprint density at radius 1 is 0.359 bits per heavy atom. The van der Waals surface area contributed by atoms with Crippen molar-refractivity contribution in [3.63, 3.8) is 0 Å². The molecule has 0 N–H and O–H groups in total. The summed E-state index contributed by atoms with van der Waals surface area (Å²) in [6.07, 6.45) is 70.8. The monoisotopic (exact) mass is 893 g/mol. The van der Waals surface area contributed by atoms with Gasteiger partial charge in [0.05, 0.1) is 6.61 Å². The lowest BCUT2D eigenvalue weighted by molar-refractivity contribution is -0.162. The Hall–Kier alpha value is -2.66. The van der Waals surface area contributed by atoms with Crippen LogP contribution in [0, 0.1) is 0 Å². The first kappa shape index (κ1) is 61.3. The number of carbonyl (C=O) groups excluding carboxylic acids is 2. The van der Waals surface area contributed by atoms with Crippen LogP contribution in [0.5, 0.6) is 0 Å². The van der Waals surface area contributed by atoms with E-state index in [1.54, 1.807) is 0 Å². The van der Waals surface area contributed by atoms with Gasteiger partial charge in [-0.2, -0.15) is 0 Å². The fraction of sp³-hybridized carbons (Fsp3) is 0.763. The highest BCUT2D eigenvalue weighted by Gasteiger charge is 2.17. The summed E-state index contributed by atoms with van der Waals surface area (Å²) in [5, 5.41) is 0. The van der Waals surface area contributed by atoms with Gasteiger partial charge in [0.2, 0.25) is 0 Å². The van der Waals surface area contributed by atoms with Crippen molar-refractivity contribution in [2.75, 3.05) is 19.8 Å². The van der Waals surface area contributed by atoms with E-state index in [9.17, 15) is 9.59 Å². The molecule has 0 saturated carbocycles. The number of esters is 2. The summed E-state index contributed by atoms with van der Waals surface area (Å²) < 4.78 is 17.3. The van der Waals surface area contributed by atoms with Crippen LogP contribution in [0.3, 0.4) is 0 Å². The third-order valence-corrected chi connectivity index (χ3v) is 11.8. The Balaban J connectivity index is 4.24. The molecular weight excluding hydrogens is 789 g/mol. The van der Waals surface area contributed by atoms with Gasteiger partial charge in [-0.15, -0.1) is 0 Å². The fourth-order valence-electron chi connectivity index (χ4n) is 7.71. The molecule has 0 heterocycles. The molecule has 1 unspecified atom stereocenters. The molecule has 0 aliphatic rings. The average Bonchev–Trinajstić information content (AvgIpc) is 3.30. The maximum Gasteiger partial charge on any atom is 0.306 e. The van der Waals surface area contributed by atoms with E-state index in [0.717, 1.165) is 64.2 Å². The van der Waals surface area contributed by atoms with Crippen molar-refractivity contribution in [3.8, 4) is 0 Å². The molecule has 0 radical (unpaired) electrons. The molecule has 0 aliphatic heterocycles. The van der Waals surface area contributed by atoms with Crippen LogP contribution in [0.4, 0.5) is 0 Å². The lowest BCUT2D eigenvalue weighted by Crippen LogP contribution is -2.30. The molecule has 5 nitrogen and oxygen atoms in total. The number of hydrogen-bond donors (Lipinski definition) is 0. The first-order valence-electron chi connectivity index (χ1n) is 27.5. The summed E-state index contributed by atoms with van der Waals surface area (Å²) in [5.41, 5.74) is 0. The Kier molecular flexibility index (Phi) is 52.4. The van der Waals surface area contributed by atoms with E-state index < -0.39 is 6.10 Å². The minimum atomic E-state index is -0.564.